The third-order valence-corrected chi connectivity index (χ3v) is 8.53. The Balaban J connectivity index is 1.49. The summed E-state index contributed by atoms with van der Waals surface area (Å²) in [5, 5.41) is 3.43. The molecule has 0 bridgehead atoms. The first-order valence-corrected chi connectivity index (χ1v) is 10.4. The lowest BCUT2D eigenvalue weighted by atomic mass is 9.73. The molecular weight excluding hydrogens is 316 g/mol. The van der Waals surface area contributed by atoms with Gasteiger partial charge in [0.1, 0.15) is 0 Å². The van der Waals surface area contributed by atoms with Crippen LogP contribution in [0.15, 0.2) is 28.9 Å². The normalized spacial score (nSPS) is 43.8. The van der Waals surface area contributed by atoms with Crippen LogP contribution in [-0.2, 0) is 4.79 Å². The molecule has 2 aliphatic carbocycles. The number of thioether (sulfide) groups is 1. The number of allylic oxidation sites excluding steroid dienone is 3. The highest BCUT2D eigenvalue weighted by Gasteiger charge is 2.54. The largest absolute Gasteiger partial charge is 0.353 e. The molecule has 6 unspecified atom stereocenters. The van der Waals surface area contributed by atoms with Gasteiger partial charge in [-0.25, -0.2) is 0 Å². The Kier molecular flexibility index (Phi) is 4.36. The summed E-state index contributed by atoms with van der Waals surface area (Å²) in [6, 6.07) is 0.362. The monoisotopic (exact) mass is 344 g/mol. The summed E-state index contributed by atoms with van der Waals surface area (Å²) in [7, 11) is 0. The number of aliphatic imine (C=N–C) groups is 1. The molecule has 1 saturated heterocycles. The highest BCUT2D eigenvalue weighted by atomic mass is 32.2. The maximum absolute atomic E-state index is 13.1. The Morgan fingerprint density at radius 2 is 2.25 bits per heavy atom. The minimum Gasteiger partial charge on any atom is -0.353 e. The van der Waals surface area contributed by atoms with Crippen LogP contribution in [-0.4, -0.2) is 28.7 Å². The fraction of sp³-hybridized carbons (Fsp3) is 0.700. The Hall–Kier alpha value is -1.03. The van der Waals surface area contributed by atoms with E-state index in [2.05, 4.69) is 42.4 Å². The molecule has 1 saturated carbocycles. The molecule has 2 heterocycles. The minimum atomic E-state index is 0.0526. The zero-order valence-electron chi connectivity index (χ0n) is 14.7. The first-order chi connectivity index (χ1) is 11.6. The molecule has 0 aromatic carbocycles. The Morgan fingerprint density at radius 1 is 1.38 bits per heavy atom. The predicted molar refractivity (Wildman–Crippen MR) is 101 cm³/mol. The third-order valence-electron chi connectivity index (χ3n) is 6.81. The number of hydrogen-bond donors (Lipinski definition) is 1. The number of nitrogens with zero attached hydrogens (tertiary/aromatic N) is 1. The van der Waals surface area contributed by atoms with Crippen LogP contribution in [0.1, 0.15) is 46.0 Å². The SMILES string of the molecule is CC1CCCC(NC(=O)C2CSC34CC=CC=C3N=CCC24)C1C. The smallest absolute Gasteiger partial charge is 0.224 e. The van der Waals surface area contributed by atoms with Crippen LogP contribution in [0.2, 0.25) is 0 Å². The highest BCUT2D eigenvalue weighted by Crippen LogP contribution is 2.57. The molecular formula is C20H28N2OS. The van der Waals surface area contributed by atoms with E-state index >= 15 is 0 Å². The fourth-order valence-electron chi connectivity index (χ4n) is 5.01. The Labute approximate surface area is 149 Å². The molecule has 4 aliphatic rings. The number of rotatable bonds is 2. The molecule has 1 spiro atoms. The zero-order chi connectivity index (χ0) is 16.7. The van der Waals surface area contributed by atoms with E-state index in [1.54, 1.807) is 0 Å². The van der Waals surface area contributed by atoms with E-state index in [0.29, 0.717) is 29.7 Å². The quantitative estimate of drug-likeness (QED) is 0.824. The lowest BCUT2D eigenvalue weighted by Crippen LogP contribution is -2.49. The number of hydrogen-bond acceptors (Lipinski definition) is 3. The van der Waals surface area contributed by atoms with Gasteiger partial charge in [-0.05, 0) is 43.1 Å². The van der Waals surface area contributed by atoms with Crippen molar-refractivity contribution in [2.75, 3.05) is 5.75 Å². The molecule has 0 aromatic heterocycles. The van der Waals surface area contributed by atoms with Crippen LogP contribution in [0.5, 0.6) is 0 Å². The number of nitrogens with one attached hydrogen (secondary N) is 1. The van der Waals surface area contributed by atoms with Gasteiger partial charge in [0.2, 0.25) is 5.91 Å². The van der Waals surface area contributed by atoms with Crippen molar-refractivity contribution in [2.24, 2.45) is 28.7 Å². The topological polar surface area (TPSA) is 41.5 Å². The van der Waals surface area contributed by atoms with Crippen LogP contribution in [0.4, 0.5) is 0 Å². The molecule has 0 aromatic rings. The number of carbonyl (C=O) groups excluding carboxylic acids is 1. The number of carbonyl (C=O) groups is 1. The van der Waals surface area contributed by atoms with Gasteiger partial charge in [0, 0.05) is 18.0 Å². The maximum atomic E-state index is 13.1. The van der Waals surface area contributed by atoms with E-state index in [1.165, 1.54) is 18.5 Å². The molecule has 2 aliphatic heterocycles. The van der Waals surface area contributed by atoms with E-state index in [0.717, 1.165) is 25.0 Å². The van der Waals surface area contributed by atoms with Crippen LogP contribution < -0.4 is 5.32 Å². The first kappa shape index (κ1) is 16.4. The summed E-state index contributed by atoms with van der Waals surface area (Å²) in [6.45, 7) is 4.63. The molecule has 2 fully saturated rings. The van der Waals surface area contributed by atoms with Crippen LogP contribution >= 0.6 is 11.8 Å². The van der Waals surface area contributed by atoms with Gasteiger partial charge in [-0.2, -0.15) is 0 Å². The van der Waals surface area contributed by atoms with E-state index in [-0.39, 0.29) is 10.7 Å². The predicted octanol–water partition coefficient (Wildman–Crippen LogP) is 3.96. The van der Waals surface area contributed by atoms with Crippen LogP contribution in [0, 0.1) is 23.7 Å². The summed E-state index contributed by atoms with van der Waals surface area (Å²) in [4.78, 5) is 17.7. The maximum Gasteiger partial charge on any atom is 0.224 e. The van der Waals surface area contributed by atoms with Gasteiger partial charge in [0.15, 0.2) is 0 Å². The van der Waals surface area contributed by atoms with Crippen molar-refractivity contribution in [1.82, 2.24) is 5.32 Å². The van der Waals surface area contributed by atoms with Gasteiger partial charge in [-0.15, -0.1) is 11.8 Å². The van der Waals surface area contributed by atoms with E-state index < -0.39 is 0 Å². The van der Waals surface area contributed by atoms with Crippen LogP contribution in [0.3, 0.4) is 0 Å². The lowest BCUT2D eigenvalue weighted by molar-refractivity contribution is -0.127. The number of amides is 1. The second-order valence-electron chi connectivity index (χ2n) is 8.03. The van der Waals surface area contributed by atoms with Crippen molar-refractivity contribution in [1.29, 1.82) is 0 Å². The zero-order valence-corrected chi connectivity index (χ0v) is 15.5. The fourth-order valence-corrected chi connectivity index (χ4v) is 6.83. The molecule has 130 valence electrons. The second-order valence-corrected chi connectivity index (χ2v) is 9.38. The molecule has 3 nitrogen and oxygen atoms in total. The van der Waals surface area contributed by atoms with Crippen molar-refractivity contribution in [3.8, 4) is 0 Å². The average Bonchev–Trinajstić information content (AvgIpc) is 2.97. The van der Waals surface area contributed by atoms with Crippen molar-refractivity contribution < 1.29 is 4.79 Å². The molecule has 24 heavy (non-hydrogen) atoms. The third kappa shape index (κ3) is 2.58. The van der Waals surface area contributed by atoms with Gasteiger partial charge >= 0.3 is 0 Å². The van der Waals surface area contributed by atoms with Gasteiger partial charge in [-0.1, -0.05) is 38.8 Å². The summed E-state index contributed by atoms with van der Waals surface area (Å²) in [5.74, 6) is 3.05. The summed E-state index contributed by atoms with van der Waals surface area (Å²) in [5.41, 5.74) is 1.18. The highest BCUT2D eigenvalue weighted by molar-refractivity contribution is 8.01. The molecule has 6 atom stereocenters. The van der Waals surface area contributed by atoms with Crippen molar-refractivity contribution in [3.63, 3.8) is 0 Å². The van der Waals surface area contributed by atoms with Gasteiger partial charge in [-0.3, -0.25) is 9.79 Å². The average molecular weight is 345 g/mol. The molecule has 1 N–H and O–H groups in total. The Bertz CT molecular complexity index is 611. The summed E-state index contributed by atoms with van der Waals surface area (Å²) in [6.07, 6.45) is 14.2. The van der Waals surface area contributed by atoms with Gasteiger partial charge in [0.05, 0.1) is 16.4 Å². The lowest BCUT2D eigenvalue weighted by Gasteiger charge is -2.40. The molecule has 4 rings (SSSR count). The van der Waals surface area contributed by atoms with E-state index in [4.69, 9.17) is 0 Å². The van der Waals surface area contributed by atoms with E-state index in [1.807, 2.05) is 18.0 Å². The van der Waals surface area contributed by atoms with Gasteiger partial charge in [0.25, 0.3) is 0 Å². The standard InChI is InChI=1S/C20H28N2OS/c1-13-6-5-7-17(14(13)2)22-19(23)15-12-24-20-10-4-3-8-18(20)21-11-9-16(15)20/h3-4,8,11,13-17H,5-7,9-10,12H2,1-2H3,(H,22,23). The Morgan fingerprint density at radius 3 is 3.12 bits per heavy atom. The minimum absolute atomic E-state index is 0.0526. The second kappa shape index (κ2) is 6.36. The first-order valence-electron chi connectivity index (χ1n) is 9.46. The van der Waals surface area contributed by atoms with Crippen LogP contribution in [0.25, 0.3) is 0 Å². The molecule has 4 heteroatoms. The summed E-state index contributed by atoms with van der Waals surface area (Å²) >= 11 is 1.96. The summed E-state index contributed by atoms with van der Waals surface area (Å²) < 4.78 is 0.0526. The van der Waals surface area contributed by atoms with Crippen molar-refractivity contribution in [3.05, 3.63) is 23.9 Å². The van der Waals surface area contributed by atoms with Gasteiger partial charge < -0.3 is 5.32 Å². The van der Waals surface area contributed by atoms with E-state index in [9.17, 15) is 4.79 Å². The van der Waals surface area contributed by atoms with Crippen molar-refractivity contribution >= 4 is 23.9 Å². The van der Waals surface area contributed by atoms with Crippen molar-refractivity contribution in [2.45, 2.75) is 56.7 Å². The molecule has 0 radical (unpaired) electrons. The molecule has 1 amide bonds.